The molecule has 132 valence electrons. The number of carbonyl (C=O) groups is 2. The molecule has 1 aromatic carbocycles. The molecule has 0 aliphatic carbocycles. The first-order valence-electron chi connectivity index (χ1n) is 7.81. The average Bonchev–Trinajstić information content (AvgIpc) is 2.57. The van der Waals surface area contributed by atoms with Crippen molar-refractivity contribution in [2.24, 2.45) is 5.92 Å². The lowest BCUT2D eigenvalue weighted by Gasteiger charge is -2.22. The molecule has 0 radical (unpaired) electrons. The molecule has 2 atom stereocenters. The molecule has 0 aromatic heterocycles. The summed E-state index contributed by atoms with van der Waals surface area (Å²) in [6.07, 6.45) is 1.43. The highest BCUT2D eigenvalue weighted by Crippen LogP contribution is 2.26. The molecule has 0 bridgehead atoms. The van der Waals surface area contributed by atoms with Crippen molar-refractivity contribution in [2.45, 2.75) is 44.0 Å². The lowest BCUT2D eigenvalue weighted by molar-refractivity contribution is -0.143. The highest BCUT2D eigenvalue weighted by molar-refractivity contribution is 7.89. The number of amides is 1. The standard InChI is InChI=1S/C16H22N2O5S/c1-4-10(2)15(16(20)23-3)18-24(21,22)12-6-7-13-11(9-12)5-8-14(19)17-13/h6-7,9-10,15,18H,4-5,8H2,1-3H3,(H,17,19)/t10-,15+/m0/s1. The summed E-state index contributed by atoms with van der Waals surface area (Å²) >= 11 is 0. The Balaban J connectivity index is 2.29. The fourth-order valence-electron chi connectivity index (χ4n) is 2.52. The molecule has 0 unspecified atom stereocenters. The number of hydrogen-bond donors (Lipinski definition) is 2. The van der Waals surface area contributed by atoms with Crippen LogP contribution in [0.3, 0.4) is 0 Å². The fraction of sp³-hybridized carbons (Fsp3) is 0.500. The molecule has 1 aromatic rings. The second-order valence-electron chi connectivity index (χ2n) is 5.87. The first kappa shape index (κ1) is 18.4. The van der Waals surface area contributed by atoms with Crippen molar-refractivity contribution in [1.82, 2.24) is 4.72 Å². The van der Waals surface area contributed by atoms with Crippen molar-refractivity contribution in [1.29, 1.82) is 0 Å². The van der Waals surface area contributed by atoms with E-state index in [0.717, 1.165) is 5.56 Å². The lowest BCUT2D eigenvalue weighted by atomic mass is 10.0. The largest absolute Gasteiger partial charge is 0.468 e. The van der Waals surface area contributed by atoms with Crippen molar-refractivity contribution in [3.05, 3.63) is 23.8 Å². The Labute approximate surface area is 141 Å². The first-order chi connectivity index (χ1) is 11.3. The maximum atomic E-state index is 12.6. The van der Waals surface area contributed by atoms with Gasteiger partial charge in [0.15, 0.2) is 0 Å². The molecular weight excluding hydrogens is 332 g/mol. The SMILES string of the molecule is CC[C@H](C)[C@@H](NS(=O)(=O)c1ccc2c(c1)CCC(=O)N2)C(=O)OC. The summed E-state index contributed by atoms with van der Waals surface area (Å²) in [6.45, 7) is 3.66. The van der Waals surface area contributed by atoms with Gasteiger partial charge in [0.2, 0.25) is 15.9 Å². The van der Waals surface area contributed by atoms with Crippen LogP contribution in [0.4, 0.5) is 5.69 Å². The van der Waals surface area contributed by atoms with Gasteiger partial charge in [-0.3, -0.25) is 9.59 Å². The zero-order valence-electron chi connectivity index (χ0n) is 14.0. The molecule has 0 fully saturated rings. The number of aryl methyl sites for hydroxylation is 1. The van der Waals surface area contributed by atoms with Crippen LogP contribution < -0.4 is 10.0 Å². The Morgan fingerprint density at radius 1 is 1.38 bits per heavy atom. The number of anilines is 1. The molecule has 1 aliphatic rings. The van der Waals surface area contributed by atoms with Gasteiger partial charge in [0.1, 0.15) is 6.04 Å². The number of benzene rings is 1. The van der Waals surface area contributed by atoms with E-state index >= 15 is 0 Å². The summed E-state index contributed by atoms with van der Waals surface area (Å²) in [7, 11) is -2.65. The quantitative estimate of drug-likeness (QED) is 0.753. The van der Waals surface area contributed by atoms with Gasteiger partial charge < -0.3 is 10.1 Å². The van der Waals surface area contributed by atoms with Crippen molar-refractivity contribution in [3.63, 3.8) is 0 Å². The molecule has 8 heteroatoms. The highest BCUT2D eigenvalue weighted by Gasteiger charge is 2.31. The summed E-state index contributed by atoms with van der Waals surface area (Å²) in [4.78, 5) is 23.3. The Hall–Kier alpha value is -1.93. The number of rotatable bonds is 6. The second kappa shape index (κ2) is 7.31. The van der Waals surface area contributed by atoms with E-state index < -0.39 is 22.0 Å². The van der Waals surface area contributed by atoms with Gasteiger partial charge in [0.25, 0.3) is 0 Å². The maximum absolute atomic E-state index is 12.6. The van der Waals surface area contributed by atoms with Crippen molar-refractivity contribution in [2.75, 3.05) is 12.4 Å². The highest BCUT2D eigenvalue weighted by atomic mass is 32.2. The van der Waals surface area contributed by atoms with Crippen LogP contribution in [0.15, 0.2) is 23.1 Å². The number of fused-ring (bicyclic) bond motifs is 1. The Kier molecular flexibility index (Phi) is 5.61. The van der Waals surface area contributed by atoms with Crippen LogP contribution in [0.25, 0.3) is 0 Å². The lowest BCUT2D eigenvalue weighted by Crippen LogP contribution is -2.45. The molecule has 0 spiro atoms. The van der Waals surface area contributed by atoms with Crippen molar-refractivity contribution >= 4 is 27.6 Å². The first-order valence-corrected chi connectivity index (χ1v) is 9.29. The zero-order valence-corrected chi connectivity index (χ0v) is 14.8. The van der Waals surface area contributed by atoms with Gasteiger partial charge in [0.05, 0.1) is 12.0 Å². The van der Waals surface area contributed by atoms with Gasteiger partial charge in [-0.15, -0.1) is 0 Å². The molecule has 2 rings (SSSR count). The van der Waals surface area contributed by atoms with Gasteiger partial charge in [-0.05, 0) is 36.1 Å². The second-order valence-corrected chi connectivity index (χ2v) is 7.59. The van der Waals surface area contributed by atoms with E-state index in [2.05, 4.69) is 10.0 Å². The summed E-state index contributed by atoms with van der Waals surface area (Å²) in [6, 6.07) is 3.57. The van der Waals surface area contributed by atoms with Gasteiger partial charge in [-0.25, -0.2) is 8.42 Å². The topological polar surface area (TPSA) is 102 Å². The van der Waals surface area contributed by atoms with Crippen LogP contribution in [-0.4, -0.2) is 33.4 Å². The number of sulfonamides is 1. The van der Waals surface area contributed by atoms with E-state index in [1.807, 2.05) is 6.92 Å². The van der Waals surface area contributed by atoms with Crippen LogP contribution in [0.2, 0.25) is 0 Å². The molecular formula is C16H22N2O5S. The molecule has 0 saturated heterocycles. The van der Waals surface area contributed by atoms with Gasteiger partial charge in [-0.2, -0.15) is 4.72 Å². The third-order valence-electron chi connectivity index (χ3n) is 4.23. The Morgan fingerprint density at radius 2 is 2.08 bits per heavy atom. The Morgan fingerprint density at radius 3 is 2.71 bits per heavy atom. The summed E-state index contributed by atoms with van der Waals surface area (Å²) in [5, 5.41) is 2.71. The number of esters is 1. The maximum Gasteiger partial charge on any atom is 0.324 e. The fourth-order valence-corrected chi connectivity index (χ4v) is 3.86. The van der Waals surface area contributed by atoms with E-state index in [1.165, 1.54) is 19.2 Å². The van der Waals surface area contributed by atoms with Gasteiger partial charge in [-0.1, -0.05) is 20.3 Å². The summed E-state index contributed by atoms with van der Waals surface area (Å²) in [5.74, 6) is -0.902. The summed E-state index contributed by atoms with van der Waals surface area (Å²) in [5.41, 5.74) is 1.38. The predicted octanol–water partition coefficient (Wildman–Crippen LogP) is 1.44. The van der Waals surface area contributed by atoms with Crippen LogP contribution in [0.5, 0.6) is 0 Å². The predicted molar refractivity (Wildman–Crippen MR) is 89.0 cm³/mol. The molecule has 1 amide bonds. The third-order valence-corrected chi connectivity index (χ3v) is 5.67. The monoisotopic (exact) mass is 354 g/mol. The minimum absolute atomic E-state index is 0.0644. The Bertz CT molecular complexity index is 745. The average molecular weight is 354 g/mol. The van der Waals surface area contributed by atoms with Crippen LogP contribution in [0.1, 0.15) is 32.3 Å². The third kappa shape index (κ3) is 3.93. The normalized spacial score (nSPS) is 16.7. The van der Waals surface area contributed by atoms with Crippen molar-refractivity contribution in [3.8, 4) is 0 Å². The molecule has 1 aliphatic heterocycles. The number of ether oxygens (including phenoxy) is 1. The van der Waals surface area contributed by atoms with E-state index in [-0.39, 0.29) is 16.7 Å². The molecule has 0 saturated carbocycles. The minimum atomic E-state index is -3.88. The van der Waals surface area contributed by atoms with Crippen LogP contribution in [0, 0.1) is 5.92 Å². The van der Waals surface area contributed by atoms with Crippen LogP contribution in [-0.2, 0) is 30.8 Å². The number of nitrogens with one attached hydrogen (secondary N) is 2. The van der Waals surface area contributed by atoms with Gasteiger partial charge in [0, 0.05) is 12.1 Å². The number of carbonyl (C=O) groups excluding carboxylic acids is 2. The summed E-state index contributed by atoms with van der Waals surface area (Å²) < 4.78 is 32.4. The molecule has 2 N–H and O–H groups in total. The number of methoxy groups -OCH3 is 1. The molecule has 24 heavy (non-hydrogen) atoms. The minimum Gasteiger partial charge on any atom is -0.468 e. The van der Waals surface area contributed by atoms with E-state index in [4.69, 9.17) is 4.74 Å². The van der Waals surface area contributed by atoms with E-state index in [1.54, 1.807) is 13.0 Å². The van der Waals surface area contributed by atoms with Crippen LogP contribution >= 0.6 is 0 Å². The smallest absolute Gasteiger partial charge is 0.324 e. The van der Waals surface area contributed by atoms with E-state index in [0.29, 0.717) is 24.9 Å². The number of hydrogen-bond acceptors (Lipinski definition) is 5. The zero-order chi connectivity index (χ0) is 17.9. The van der Waals surface area contributed by atoms with E-state index in [9.17, 15) is 18.0 Å². The molecule has 7 nitrogen and oxygen atoms in total. The molecule has 1 heterocycles. The van der Waals surface area contributed by atoms with Crippen molar-refractivity contribution < 1.29 is 22.7 Å². The van der Waals surface area contributed by atoms with Gasteiger partial charge >= 0.3 is 5.97 Å².